The Kier molecular flexibility index (Phi) is 6.55. The third-order valence-electron chi connectivity index (χ3n) is 2.88. The van der Waals surface area contributed by atoms with Gasteiger partial charge >= 0.3 is 5.97 Å². The van der Waals surface area contributed by atoms with Crippen molar-refractivity contribution in [1.82, 2.24) is 0 Å². The van der Waals surface area contributed by atoms with Crippen molar-refractivity contribution in [2.45, 2.75) is 19.9 Å². The number of rotatable bonds is 3. The van der Waals surface area contributed by atoms with Crippen LogP contribution in [0.15, 0.2) is 12.1 Å². The van der Waals surface area contributed by atoms with Crippen molar-refractivity contribution in [3.63, 3.8) is 0 Å². The fourth-order valence-corrected chi connectivity index (χ4v) is 2.01. The van der Waals surface area contributed by atoms with Crippen LogP contribution >= 0.6 is 35.6 Å². The van der Waals surface area contributed by atoms with E-state index in [9.17, 15) is 9.18 Å². The molecule has 7 heteroatoms. The summed E-state index contributed by atoms with van der Waals surface area (Å²) in [5.74, 6) is -1.26. The zero-order valence-corrected chi connectivity index (χ0v) is 13.0. The lowest BCUT2D eigenvalue weighted by Gasteiger charge is -2.29. The highest BCUT2D eigenvalue weighted by atomic mass is 35.5. The molecule has 1 rings (SSSR count). The predicted molar refractivity (Wildman–Crippen MR) is 76.4 cm³/mol. The van der Waals surface area contributed by atoms with E-state index in [4.69, 9.17) is 28.9 Å². The predicted octanol–water partition coefficient (Wildman–Crippen LogP) is 3.75. The maximum atomic E-state index is 14.0. The van der Waals surface area contributed by atoms with Crippen molar-refractivity contribution < 1.29 is 13.9 Å². The first-order chi connectivity index (χ1) is 8.23. The van der Waals surface area contributed by atoms with Crippen LogP contribution in [0.5, 0.6) is 0 Å². The summed E-state index contributed by atoms with van der Waals surface area (Å²) in [6, 6.07) is 1.81. The highest BCUT2D eigenvalue weighted by molar-refractivity contribution is 6.33. The molecule has 0 spiro atoms. The minimum absolute atomic E-state index is 0. The second kappa shape index (κ2) is 6.75. The van der Waals surface area contributed by atoms with Gasteiger partial charge in [-0.2, -0.15) is 0 Å². The van der Waals surface area contributed by atoms with E-state index in [0.29, 0.717) is 0 Å². The molecule has 0 saturated heterocycles. The molecule has 3 nitrogen and oxygen atoms in total. The molecule has 0 aliphatic rings. The fourth-order valence-electron chi connectivity index (χ4n) is 1.58. The maximum Gasteiger partial charge on any atom is 0.313 e. The summed E-state index contributed by atoms with van der Waals surface area (Å²) in [6.07, 6.45) is 0. The quantitative estimate of drug-likeness (QED) is 0.678. The molecule has 0 unspecified atom stereocenters. The number of hydrogen-bond acceptors (Lipinski definition) is 3. The first kappa shape index (κ1) is 18.4. The molecule has 1 aromatic rings. The van der Waals surface area contributed by atoms with E-state index in [1.54, 1.807) is 13.8 Å². The van der Waals surface area contributed by atoms with Crippen LogP contribution in [-0.4, -0.2) is 13.1 Å². The van der Waals surface area contributed by atoms with Crippen LogP contribution < -0.4 is 5.73 Å². The summed E-state index contributed by atoms with van der Waals surface area (Å²) >= 11 is 11.6. The number of halogens is 4. The molecule has 1 aromatic carbocycles. The van der Waals surface area contributed by atoms with Crippen LogP contribution in [-0.2, 0) is 9.53 Å². The highest BCUT2D eigenvalue weighted by Gasteiger charge is 2.39. The second-order valence-electron chi connectivity index (χ2n) is 4.45. The molecule has 19 heavy (non-hydrogen) atoms. The Morgan fingerprint density at radius 3 is 2.32 bits per heavy atom. The van der Waals surface area contributed by atoms with Crippen LogP contribution in [0.2, 0.25) is 10.0 Å². The molecule has 2 N–H and O–H groups in total. The third-order valence-corrected chi connectivity index (χ3v) is 3.50. The Balaban J connectivity index is 0.00000324. The summed E-state index contributed by atoms with van der Waals surface area (Å²) < 4.78 is 18.6. The van der Waals surface area contributed by atoms with Crippen LogP contribution in [0, 0.1) is 11.2 Å². The van der Waals surface area contributed by atoms with Crippen LogP contribution in [0.4, 0.5) is 4.39 Å². The molecule has 0 aliphatic heterocycles. The van der Waals surface area contributed by atoms with Crippen LogP contribution in [0.3, 0.4) is 0 Å². The van der Waals surface area contributed by atoms with E-state index in [2.05, 4.69) is 4.74 Å². The number of carbonyl (C=O) groups is 1. The van der Waals surface area contributed by atoms with Gasteiger partial charge in [-0.25, -0.2) is 4.39 Å². The third kappa shape index (κ3) is 3.51. The minimum atomic E-state index is -1.12. The average molecular weight is 331 g/mol. The lowest BCUT2D eigenvalue weighted by Crippen LogP contribution is -2.38. The Labute approximate surface area is 127 Å². The molecular weight excluding hydrogens is 315 g/mol. The van der Waals surface area contributed by atoms with Crippen LogP contribution in [0.25, 0.3) is 0 Å². The molecule has 0 heterocycles. The Morgan fingerprint density at radius 1 is 1.37 bits per heavy atom. The molecule has 0 radical (unpaired) electrons. The number of carbonyl (C=O) groups excluding carboxylic acids is 1. The molecular formula is C12H15Cl3FNO2. The number of esters is 1. The molecule has 0 saturated carbocycles. The standard InChI is InChI=1S/C12H14Cl2FNO2.ClH/c1-12(2,11(17)18-3)10(16)8-6(13)4-5-7(14)9(8)15;/h4-5,10H,16H2,1-3H3;1H/t10-;/m1./s1. The van der Waals surface area contributed by atoms with Gasteiger partial charge in [0.1, 0.15) is 5.82 Å². The molecule has 108 valence electrons. The summed E-state index contributed by atoms with van der Waals surface area (Å²) in [4.78, 5) is 11.7. The van der Waals surface area contributed by atoms with E-state index >= 15 is 0 Å². The first-order valence-electron chi connectivity index (χ1n) is 5.20. The van der Waals surface area contributed by atoms with Crippen molar-refractivity contribution in [3.05, 3.63) is 33.6 Å². The first-order valence-corrected chi connectivity index (χ1v) is 5.96. The van der Waals surface area contributed by atoms with E-state index < -0.39 is 23.2 Å². The smallest absolute Gasteiger partial charge is 0.313 e. The summed E-state index contributed by atoms with van der Waals surface area (Å²) in [7, 11) is 1.24. The van der Waals surface area contributed by atoms with E-state index in [1.165, 1.54) is 19.2 Å². The van der Waals surface area contributed by atoms with Crippen LogP contribution in [0.1, 0.15) is 25.5 Å². The van der Waals surface area contributed by atoms with Gasteiger partial charge < -0.3 is 10.5 Å². The van der Waals surface area contributed by atoms with E-state index in [1.807, 2.05) is 0 Å². The number of benzene rings is 1. The maximum absolute atomic E-state index is 14.0. The molecule has 0 aliphatic carbocycles. The molecule has 0 bridgehead atoms. The van der Waals surface area contributed by atoms with Gasteiger partial charge in [0.15, 0.2) is 0 Å². The lowest BCUT2D eigenvalue weighted by molar-refractivity contribution is -0.152. The van der Waals surface area contributed by atoms with Gasteiger partial charge in [0, 0.05) is 16.6 Å². The van der Waals surface area contributed by atoms with Crippen molar-refractivity contribution in [2.24, 2.45) is 11.1 Å². The Hall–Kier alpha value is -0.550. The SMILES string of the molecule is COC(=O)C(C)(C)[C@H](N)c1c(Cl)ccc(Cl)c1F.Cl. The second-order valence-corrected chi connectivity index (χ2v) is 5.26. The molecule has 1 atom stereocenters. The van der Waals surface area contributed by atoms with Crippen molar-refractivity contribution >= 4 is 41.6 Å². The lowest BCUT2D eigenvalue weighted by atomic mass is 9.81. The summed E-state index contributed by atoms with van der Waals surface area (Å²) in [6.45, 7) is 3.11. The monoisotopic (exact) mass is 329 g/mol. The topological polar surface area (TPSA) is 52.3 Å². The molecule has 0 fully saturated rings. The van der Waals surface area contributed by atoms with Gasteiger partial charge in [-0.05, 0) is 26.0 Å². The summed E-state index contributed by atoms with van der Waals surface area (Å²) in [5.41, 5.74) is 4.83. The van der Waals surface area contributed by atoms with Crippen molar-refractivity contribution in [3.8, 4) is 0 Å². The minimum Gasteiger partial charge on any atom is -0.469 e. The van der Waals surface area contributed by atoms with Gasteiger partial charge in [-0.1, -0.05) is 23.2 Å². The van der Waals surface area contributed by atoms with Gasteiger partial charge in [-0.15, -0.1) is 12.4 Å². The Bertz CT molecular complexity index is 480. The highest BCUT2D eigenvalue weighted by Crippen LogP contribution is 2.39. The number of ether oxygens (including phenoxy) is 1. The zero-order valence-electron chi connectivity index (χ0n) is 10.7. The zero-order chi connectivity index (χ0) is 14.1. The normalized spacial score (nSPS) is 12.6. The number of methoxy groups -OCH3 is 1. The summed E-state index contributed by atoms with van der Waals surface area (Å²) in [5, 5.41) is 0.0342. The van der Waals surface area contributed by atoms with Crippen molar-refractivity contribution in [1.29, 1.82) is 0 Å². The van der Waals surface area contributed by atoms with Crippen molar-refractivity contribution in [2.75, 3.05) is 7.11 Å². The van der Waals surface area contributed by atoms with E-state index in [-0.39, 0.29) is 28.0 Å². The molecule has 0 amide bonds. The van der Waals surface area contributed by atoms with Gasteiger partial charge in [0.05, 0.1) is 17.5 Å². The number of hydrogen-bond donors (Lipinski definition) is 1. The number of nitrogens with two attached hydrogens (primary N) is 1. The average Bonchev–Trinajstić information content (AvgIpc) is 2.33. The molecule has 0 aromatic heterocycles. The van der Waals surface area contributed by atoms with Gasteiger partial charge in [0.2, 0.25) is 0 Å². The fraction of sp³-hybridized carbons (Fsp3) is 0.417. The van der Waals surface area contributed by atoms with Gasteiger partial charge in [-0.3, -0.25) is 4.79 Å². The Morgan fingerprint density at radius 2 is 1.84 bits per heavy atom. The largest absolute Gasteiger partial charge is 0.469 e. The van der Waals surface area contributed by atoms with Gasteiger partial charge in [0.25, 0.3) is 0 Å². The van der Waals surface area contributed by atoms with E-state index in [0.717, 1.165) is 0 Å².